The Morgan fingerprint density at radius 2 is 1.90 bits per heavy atom. The zero-order valence-electron chi connectivity index (χ0n) is 17.9. The second-order valence-electron chi connectivity index (χ2n) is 7.58. The van der Waals surface area contributed by atoms with Gasteiger partial charge in [0.2, 0.25) is 5.91 Å². The number of nitrogens with one attached hydrogen (secondary N) is 1. The molecule has 1 saturated heterocycles. The number of aliphatic imine (C=N–C) groups is 1. The van der Waals surface area contributed by atoms with E-state index in [1.54, 1.807) is 31.3 Å². The molecule has 8 heteroatoms. The number of halogens is 2. The van der Waals surface area contributed by atoms with Crippen molar-refractivity contribution in [3.8, 4) is 0 Å². The topological polar surface area (TPSA) is 74.0 Å². The lowest BCUT2D eigenvalue weighted by molar-refractivity contribution is 0.1000. The van der Waals surface area contributed by atoms with Crippen molar-refractivity contribution in [2.75, 3.05) is 33.2 Å². The van der Waals surface area contributed by atoms with Crippen LogP contribution in [0.2, 0.25) is 0 Å². The summed E-state index contributed by atoms with van der Waals surface area (Å²) in [6.07, 6.45) is 0.742. The van der Waals surface area contributed by atoms with Crippen LogP contribution >= 0.6 is 0 Å². The van der Waals surface area contributed by atoms with Crippen LogP contribution in [0.3, 0.4) is 0 Å². The van der Waals surface area contributed by atoms with Gasteiger partial charge in [0.1, 0.15) is 11.6 Å². The summed E-state index contributed by atoms with van der Waals surface area (Å²) in [4.78, 5) is 20.1. The first kappa shape index (κ1) is 22.7. The number of benzene rings is 2. The van der Waals surface area contributed by atoms with Crippen molar-refractivity contribution in [2.24, 2.45) is 10.7 Å². The Morgan fingerprint density at radius 3 is 2.52 bits per heavy atom. The number of amides is 1. The smallest absolute Gasteiger partial charge is 0.248 e. The minimum absolute atomic E-state index is 0.0886. The zero-order valence-corrected chi connectivity index (χ0v) is 17.9. The average Bonchev–Trinajstić information content (AvgIpc) is 2.77. The summed E-state index contributed by atoms with van der Waals surface area (Å²) in [6.45, 7) is 5.49. The fraction of sp³-hybridized carbons (Fsp3) is 0.391. The third kappa shape index (κ3) is 5.58. The number of hydrogen-bond donors (Lipinski definition) is 2. The molecule has 1 unspecified atom stereocenters. The van der Waals surface area contributed by atoms with Crippen molar-refractivity contribution in [3.63, 3.8) is 0 Å². The number of primary amides is 1. The van der Waals surface area contributed by atoms with Crippen LogP contribution in [0.5, 0.6) is 0 Å². The van der Waals surface area contributed by atoms with Gasteiger partial charge in [0, 0.05) is 63.0 Å². The summed E-state index contributed by atoms with van der Waals surface area (Å²) in [7, 11) is 1.73. The molecule has 0 spiro atoms. The molecule has 0 bridgehead atoms. The quantitative estimate of drug-likeness (QED) is 0.547. The summed E-state index contributed by atoms with van der Waals surface area (Å²) >= 11 is 0. The molecule has 31 heavy (non-hydrogen) atoms. The molecular formula is C23H29F2N5O. The van der Waals surface area contributed by atoms with Crippen molar-refractivity contribution in [3.05, 3.63) is 70.8 Å². The Balaban J connectivity index is 1.59. The van der Waals surface area contributed by atoms with E-state index in [1.165, 1.54) is 6.07 Å². The molecule has 0 radical (unpaired) electrons. The maximum atomic E-state index is 14.3. The Morgan fingerprint density at radius 1 is 1.16 bits per heavy atom. The van der Waals surface area contributed by atoms with Gasteiger partial charge < -0.3 is 16.0 Å². The van der Waals surface area contributed by atoms with Crippen molar-refractivity contribution in [1.82, 2.24) is 15.1 Å². The number of piperazine rings is 1. The van der Waals surface area contributed by atoms with E-state index < -0.39 is 17.5 Å². The number of nitrogens with zero attached hydrogens (tertiary/aromatic N) is 3. The van der Waals surface area contributed by atoms with Crippen LogP contribution in [0, 0.1) is 11.6 Å². The first-order valence-corrected chi connectivity index (χ1v) is 10.5. The molecule has 1 heterocycles. The van der Waals surface area contributed by atoms with E-state index in [4.69, 9.17) is 5.73 Å². The maximum Gasteiger partial charge on any atom is 0.248 e. The Hall–Kier alpha value is -3.00. The summed E-state index contributed by atoms with van der Waals surface area (Å²) in [5.74, 6) is -0.738. The SMILES string of the molecule is CCC(c1ccc(F)cc1F)N1CCN(C(=NC)NCc2cccc(C(N)=O)c2)CC1. The second kappa shape index (κ2) is 10.3. The third-order valence-electron chi connectivity index (χ3n) is 5.64. The molecule has 0 saturated carbocycles. The number of hydrogen-bond acceptors (Lipinski definition) is 3. The predicted octanol–water partition coefficient (Wildman–Crippen LogP) is 2.91. The van der Waals surface area contributed by atoms with Gasteiger partial charge in [-0.15, -0.1) is 0 Å². The lowest BCUT2D eigenvalue weighted by Crippen LogP contribution is -2.53. The molecule has 0 aliphatic carbocycles. The van der Waals surface area contributed by atoms with Crippen LogP contribution in [-0.4, -0.2) is 54.9 Å². The summed E-state index contributed by atoms with van der Waals surface area (Å²) in [6, 6.07) is 10.9. The van der Waals surface area contributed by atoms with Crippen LogP contribution < -0.4 is 11.1 Å². The molecule has 1 atom stereocenters. The first-order valence-electron chi connectivity index (χ1n) is 10.5. The fourth-order valence-electron chi connectivity index (χ4n) is 4.04. The molecule has 0 aromatic heterocycles. The highest BCUT2D eigenvalue weighted by atomic mass is 19.1. The highest BCUT2D eigenvalue weighted by molar-refractivity contribution is 5.92. The first-order chi connectivity index (χ1) is 14.9. The largest absolute Gasteiger partial charge is 0.366 e. The van der Waals surface area contributed by atoms with E-state index in [1.807, 2.05) is 13.0 Å². The third-order valence-corrected chi connectivity index (χ3v) is 5.64. The predicted molar refractivity (Wildman–Crippen MR) is 118 cm³/mol. The van der Waals surface area contributed by atoms with Crippen LogP contribution in [0.25, 0.3) is 0 Å². The second-order valence-corrected chi connectivity index (χ2v) is 7.58. The van der Waals surface area contributed by atoms with E-state index in [0.29, 0.717) is 17.7 Å². The molecule has 2 aromatic rings. The van der Waals surface area contributed by atoms with Gasteiger partial charge in [-0.3, -0.25) is 14.7 Å². The van der Waals surface area contributed by atoms with Crippen molar-refractivity contribution in [2.45, 2.75) is 25.9 Å². The summed E-state index contributed by atoms with van der Waals surface area (Å²) < 4.78 is 27.6. The number of rotatable bonds is 6. The number of carbonyl (C=O) groups excluding carboxylic acids is 1. The van der Waals surface area contributed by atoms with E-state index in [0.717, 1.165) is 50.2 Å². The Labute approximate surface area is 181 Å². The standard InChI is InChI=1S/C23H29F2N5O/c1-3-21(19-8-7-18(24)14-20(19)25)29-9-11-30(12-10-29)23(27-2)28-15-16-5-4-6-17(13-16)22(26)31/h4-8,13-14,21H,3,9-12,15H2,1-2H3,(H2,26,31)(H,27,28). The van der Waals surface area contributed by atoms with Gasteiger partial charge in [0.15, 0.2) is 5.96 Å². The molecule has 1 amide bonds. The number of nitrogens with two attached hydrogens (primary N) is 1. The molecule has 2 aromatic carbocycles. The molecular weight excluding hydrogens is 400 g/mol. The Bertz CT molecular complexity index is 941. The van der Waals surface area contributed by atoms with Gasteiger partial charge in [-0.1, -0.05) is 25.1 Å². The number of carbonyl (C=O) groups is 1. The van der Waals surface area contributed by atoms with E-state index >= 15 is 0 Å². The lowest BCUT2D eigenvalue weighted by Gasteiger charge is -2.40. The average molecular weight is 430 g/mol. The van der Waals surface area contributed by atoms with Crippen LogP contribution in [0.1, 0.15) is 40.9 Å². The van der Waals surface area contributed by atoms with Gasteiger partial charge in [-0.2, -0.15) is 0 Å². The molecule has 1 fully saturated rings. The molecule has 1 aliphatic heterocycles. The van der Waals surface area contributed by atoms with Crippen molar-refractivity contribution in [1.29, 1.82) is 0 Å². The van der Waals surface area contributed by atoms with Gasteiger partial charge >= 0.3 is 0 Å². The molecule has 3 N–H and O–H groups in total. The molecule has 6 nitrogen and oxygen atoms in total. The fourth-order valence-corrected chi connectivity index (χ4v) is 4.04. The van der Waals surface area contributed by atoms with Crippen LogP contribution in [0.4, 0.5) is 8.78 Å². The van der Waals surface area contributed by atoms with Crippen molar-refractivity contribution >= 4 is 11.9 Å². The minimum atomic E-state index is -0.558. The summed E-state index contributed by atoms with van der Waals surface area (Å²) in [5.41, 5.74) is 7.30. The number of guanidine groups is 1. The Kier molecular flexibility index (Phi) is 7.57. The van der Waals surface area contributed by atoms with Crippen molar-refractivity contribution < 1.29 is 13.6 Å². The van der Waals surface area contributed by atoms with Crippen LogP contribution in [-0.2, 0) is 6.54 Å². The normalized spacial score (nSPS) is 16.3. The monoisotopic (exact) mass is 429 g/mol. The minimum Gasteiger partial charge on any atom is -0.366 e. The molecule has 3 rings (SSSR count). The molecule has 1 aliphatic rings. The highest BCUT2D eigenvalue weighted by Crippen LogP contribution is 2.28. The van der Waals surface area contributed by atoms with Gasteiger partial charge in [0.05, 0.1) is 0 Å². The van der Waals surface area contributed by atoms with Gasteiger partial charge in [-0.25, -0.2) is 8.78 Å². The van der Waals surface area contributed by atoms with E-state index in [9.17, 15) is 13.6 Å². The van der Waals surface area contributed by atoms with E-state index in [-0.39, 0.29) is 6.04 Å². The lowest BCUT2D eigenvalue weighted by atomic mass is 10.0. The van der Waals surface area contributed by atoms with Gasteiger partial charge in [0.25, 0.3) is 0 Å². The maximum absolute atomic E-state index is 14.3. The van der Waals surface area contributed by atoms with E-state index in [2.05, 4.69) is 20.1 Å². The zero-order chi connectivity index (χ0) is 22.4. The highest BCUT2D eigenvalue weighted by Gasteiger charge is 2.27. The van der Waals surface area contributed by atoms with Crippen LogP contribution in [0.15, 0.2) is 47.5 Å². The van der Waals surface area contributed by atoms with Gasteiger partial charge in [-0.05, 0) is 30.2 Å². The molecule has 166 valence electrons. The summed E-state index contributed by atoms with van der Waals surface area (Å²) in [5, 5.41) is 3.33.